The van der Waals surface area contributed by atoms with Crippen molar-refractivity contribution in [3.63, 3.8) is 0 Å². The van der Waals surface area contributed by atoms with Crippen molar-refractivity contribution in [2.45, 2.75) is 63.5 Å². The summed E-state index contributed by atoms with van der Waals surface area (Å²) in [5.41, 5.74) is 1.27. The molecule has 2 aliphatic carbocycles. The van der Waals surface area contributed by atoms with Gasteiger partial charge in [-0.2, -0.15) is 0 Å². The lowest BCUT2D eigenvalue weighted by molar-refractivity contribution is -0.134. The van der Waals surface area contributed by atoms with Crippen molar-refractivity contribution in [3.05, 3.63) is 46.2 Å². The van der Waals surface area contributed by atoms with Crippen molar-refractivity contribution >= 4 is 16.8 Å². The standard InChI is InChI=1S/C20H24N2O2/c23-19(22(17-10-11-17)16-7-2-1-3-8-16)13-15-12-14-6-4-5-9-18(14)21-20(15)24/h4-6,9,12,16-17H,1-3,7-8,10-11,13H2,(H,21,24). The second kappa shape index (κ2) is 6.42. The van der Waals surface area contributed by atoms with E-state index in [0.29, 0.717) is 17.6 Å². The first-order valence-corrected chi connectivity index (χ1v) is 9.14. The van der Waals surface area contributed by atoms with Crippen LogP contribution >= 0.6 is 0 Å². The minimum atomic E-state index is -0.138. The van der Waals surface area contributed by atoms with Gasteiger partial charge in [-0.3, -0.25) is 9.59 Å². The van der Waals surface area contributed by atoms with E-state index in [1.54, 1.807) is 0 Å². The predicted molar refractivity (Wildman–Crippen MR) is 95.0 cm³/mol. The molecule has 4 heteroatoms. The normalized spacial score (nSPS) is 18.7. The van der Waals surface area contributed by atoms with Gasteiger partial charge in [0.25, 0.3) is 5.56 Å². The van der Waals surface area contributed by atoms with Gasteiger partial charge in [-0.15, -0.1) is 0 Å². The third-order valence-corrected chi connectivity index (χ3v) is 5.37. The van der Waals surface area contributed by atoms with E-state index in [9.17, 15) is 9.59 Å². The van der Waals surface area contributed by atoms with Crippen LogP contribution in [0.5, 0.6) is 0 Å². The molecule has 4 rings (SSSR count). The number of benzene rings is 1. The summed E-state index contributed by atoms with van der Waals surface area (Å²) in [4.78, 5) is 30.3. The van der Waals surface area contributed by atoms with E-state index in [-0.39, 0.29) is 17.9 Å². The van der Waals surface area contributed by atoms with Crippen LogP contribution in [0.15, 0.2) is 35.1 Å². The Morgan fingerprint density at radius 2 is 1.75 bits per heavy atom. The molecule has 0 atom stereocenters. The summed E-state index contributed by atoms with van der Waals surface area (Å²) in [5, 5.41) is 0.982. The monoisotopic (exact) mass is 324 g/mol. The summed E-state index contributed by atoms with van der Waals surface area (Å²) < 4.78 is 0. The molecule has 0 unspecified atom stereocenters. The van der Waals surface area contributed by atoms with E-state index in [2.05, 4.69) is 9.88 Å². The van der Waals surface area contributed by atoms with Crippen molar-refractivity contribution in [2.24, 2.45) is 0 Å². The molecule has 4 nitrogen and oxygen atoms in total. The lowest BCUT2D eigenvalue weighted by Gasteiger charge is -2.34. The van der Waals surface area contributed by atoms with Gasteiger partial charge in [0.05, 0.1) is 6.42 Å². The molecule has 2 aromatic rings. The first kappa shape index (κ1) is 15.4. The smallest absolute Gasteiger partial charge is 0.252 e. The first-order valence-electron chi connectivity index (χ1n) is 9.14. The molecule has 2 aliphatic rings. The Kier molecular flexibility index (Phi) is 4.13. The van der Waals surface area contributed by atoms with Crippen molar-refractivity contribution in [1.29, 1.82) is 0 Å². The molecule has 0 aliphatic heterocycles. The number of carbonyl (C=O) groups is 1. The number of para-hydroxylation sites is 1. The van der Waals surface area contributed by atoms with Crippen molar-refractivity contribution < 1.29 is 4.79 Å². The number of carbonyl (C=O) groups excluding carboxylic acids is 1. The highest BCUT2D eigenvalue weighted by atomic mass is 16.2. The molecule has 2 fully saturated rings. The molecule has 0 saturated heterocycles. The lowest BCUT2D eigenvalue weighted by atomic mass is 9.93. The van der Waals surface area contributed by atoms with Gasteiger partial charge in [0.1, 0.15) is 0 Å². The molecule has 24 heavy (non-hydrogen) atoms. The summed E-state index contributed by atoms with van der Waals surface area (Å²) in [5.74, 6) is 0.130. The maximum Gasteiger partial charge on any atom is 0.252 e. The number of nitrogens with zero attached hydrogens (tertiary/aromatic N) is 1. The summed E-state index contributed by atoms with van der Waals surface area (Å²) in [6.45, 7) is 0. The third-order valence-electron chi connectivity index (χ3n) is 5.37. The van der Waals surface area contributed by atoms with Crippen LogP contribution in [0.4, 0.5) is 0 Å². The number of nitrogens with one attached hydrogen (secondary N) is 1. The Hall–Kier alpha value is -2.10. The summed E-state index contributed by atoms with van der Waals surface area (Å²) >= 11 is 0. The number of rotatable bonds is 4. The fourth-order valence-corrected chi connectivity index (χ4v) is 4.00. The average Bonchev–Trinajstić information content (AvgIpc) is 3.41. The minimum Gasteiger partial charge on any atom is -0.336 e. The second-order valence-corrected chi connectivity index (χ2v) is 7.21. The average molecular weight is 324 g/mol. The highest BCUT2D eigenvalue weighted by molar-refractivity contribution is 5.83. The summed E-state index contributed by atoms with van der Waals surface area (Å²) in [6, 6.07) is 10.4. The fourth-order valence-electron chi connectivity index (χ4n) is 4.00. The number of pyridine rings is 1. The Morgan fingerprint density at radius 3 is 2.50 bits per heavy atom. The first-order chi connectivity index (χ1) is 11.7. The molecule has 2 saturated carbocycles. The number of hydrogen-bond donors (Lipinski definition) is 1. The molecule has 1 N–H and O–H groups in total. The predicted octanol–water partition coefficient (Wildman–Crippen LogP) is 3.39. The SMILES string of the molecule is O=C(Cc1cc2ccccc2[nH]c1=O)N(C1CCCCC1)C1CC1. The number of fused-ring (bicyclic) bond motifs is 1. The largest absolute Gasteiger partial charge is 0.336 e. The Balaban J connectivity index is 1.58. The zero-order chi connectivity index (χ0) is 16.5. The molecule has 0 bridgehead atoms. The molecule has 1 heterocycles. The van der Waals surface area contributed by atoms with Crippen molar-refractivity contribution in [3.8, 4) is 0 Å². The topological polar surface area (TPSA) is 53.2 Å². The summed E-state index contributed by atoms with van der Waals surface area (Å²) in [6.07, 6.45) is 8.43. The molecular formula is C20H24N2O2. The van der Waals surface area contributed by atoms with Crippen molar-refractivity contribution in [2.75, 3.05) is 0 Å². The van der Waals surface area contributed by atoms with Crippen LogP contribution in [0.1, 0.15) is 50.5 Å². The third kappa shape index (κ3) is 3.10. The van der Waals surface area contributed by atoms with Gasteiger partial charge < -0.3 is 9.88 Å². The van der Waals surface area contributed by atoms with Gasteiger partial charge in [0.15, 0.2) is 0 Å². The quantitative estimate of drug-likeness (QED) is 0.937. The highest BCUT2D eigenvalue weighted by Gasteiger charge is 2.37. The zero-order valence-corrected chi connectivity index (χ0v) is 14.0. The van der Waals surface area contributed by atoms with Gasteiger partial charge in [-0.05, 0) is 43.2 Å². The maximum atomic E-state index is 13.0. The molecule has 1 aromatic heterocycles. The van der Waals surface area contributed by atoms with Crippen LogP contribution in [0.3, 0.4) is 0 Å². The van der Waals surface area contributed by atoms with Crippen LogP contribution in [0.25, 0.3) is 10.9 Å². The lowest BCUT2D eigenvalue weighted by Crippen LogP contribution is -2.44. The van der Waals surface area contributed by atoms with Crippen LogP contribution in [-0.4, -0.2) is 27.9 Å². The fraction of sp³-hybridized carbons (Fsp3) is 0.500. The highest BCUT2D eigenvalue weighted by Crippen LogP contribution is 2.34. The van der Waals surface area contributed by atoms with Gasteiger partial charge in [0, 0.05) is 23.2 Å². The molecule has 1 aromatic carbocycles. The molecule has 1 amide bonds. The van der Waals surface area contributed by atoms with Crippen molar-refractivity contribution in [1.82, 2.24) is 9.88 Å². The number of amides is 1. The van der Waals surface area contributed by atoms with Crippen LogP contribution < -0.4 is 5.56 Å². The van der Waals surface area contributed by atoms with Gasteiger partial charge in [0.2, 0.25) is 5.91 Å². The number of H-pyrrole nitrogens is 1. The maximum absolute atomic E-state index is 13.0. The van der Waals surface area contributed by atoms with E-state index in [1.807, 2.05) is 30.3 Å². The van der Waals surface area contributed by atoms with E-state index < -0.39 is 0 Å². The van der Waals surface area contributed by atoms with Crippen LogP contribution in [0.2, 0.25) is 0 Å². The van der Waals surface area contributed by atoms with E-state index in [1.165, 1.54) is 19.3 Å². The van der Waals surface area contributed by atoms with Gasteiger partial charge in [-0.25, -0.2) is 0 Å². The molecule has 126 valence electrons. The summed E-state index contributed by atoms with van der Waals surface area (Å²) in [7, 11) is 0. The Bertz CT molecular complexity index is 801. The Morgan fingerprint density at radius 1 is 1.04 bits per heavy atom. The van der Waals surface area contributed by atoms with Crippen LogP contribution in [-0.2, 0) is 11.2 Å². The van der Waals surface area contributed by atoms with E-state index in [4.69, 9.17) is 0 Å². The number of hydrogen-bond acceptors (Lipinski definition) is 2. The van der Waals surface area contributed by atoms with Gasteiger partial charge >= 0.3 is 0 Å². The number of aromatic amines is 1. The van der Waals surface area contributed by atoms with E-state index >= 15 is 0 Å². The molecule has 0 spiro atoms. The van der Waals surface area contributed by atoms with E-state index in [0.717, 1.165) is 36.6 Å². The second-order valence-electron chi connectivity index (χ2n) is 7.21. The molecule has 0 radical (unpaired) electrons. The minimum absolute atomic E-state index is 0.130. The van der Waals surface area contributed by atoms with Gasteiger partial charge in [-0.1, -0.05) is 37.5 Å². The van der Waals surface area contributed by atoms with Crippen LogP contribution in [0, 0.1) is 0 Å². The zero-order valence-electron chi connectivity index (χ0n) is 14.0. The Labute approximate surface area is 141 Å². The molecular weight excluding hydrogens is 300 g/mol. The number of aromatic nitrogens is 1.